The molecule has 0 aromatic heterocycles. The molecule has 2 bridgehead atoms. The molecule has 0 amide bonds. The van der Waals surface area contributed by atoms with Crippen molar-refractivity contribution < 1.29 is 54.4 Å². The van der Waals surface area contributed by atoms with Crippen molar-refractivity contribution in [3.63, 3.8) is 0 Å². The van der Waals surface area contributed by atoms with E-state index in [0.29, 0.717) is 12.0 Å². The highest BCUT2D eigenvalue weighted by atomic mass is 16.7. The lowest BCUT2D eigenvalue weighted by Crippen LogP contribution is -2.68. The Morgan fingerprint density at radius 2 is 1.76 bits per heavy atom. The van der Waals surface area contributed by atoms with Gasteiger partial charge in [0.25, 0.3) is 0 Å². The normalized spacial score (nSPS) is 41.0. The number of aliphatic hydroxyl groups is 6. The van der Waals surface area contributed by atoms with Crippen LogP contribution in [0.25, 0.3) is 0 Å². The maximum atomic E-state index is 12.9. The molecule has 0 aliphatic carbocycles. The first kappa shape index (κ1) is 32.1. The van der Waals surface area contributed by atoms with Gasteiger partial charge in [-0.3, -0.25) is 0 Å². The zero-order chi connectivity index (χ0) is 28.1. The van der Waals surface area contributed by atoms with Gasteiger partial charge in [0.2, 0.25) is 5.79 Å². The summed E-state index contributed by atoms with van der Waals surface area (Å²) in [6.07, 6.45) is -7.30. The van der Waals surface area contributed by atoms with Gasteiger partial charge in [-0.2, -0.15) is 0 Å². The lowest BCUT2D eigenvalue weighted by atomic mass is 9.70. The molecule has 0 radical (unpaired) electrons. The van der Waals surface area contributed by atoms with Crippen LogP contribution >= 0.6 is 0 Å². The summed E-state index contributed by atoms with van der Waals surface area (Å²) < 4.78 is 22.4. The zero-order valence-electron chi connectivity index (χ0n) is 22.7. The first-order chi connectivity index (χ1) is 17.2. The van der Waals surface area contributed by atoms with E-state index in [9.17, 15) is 35.4 Å². The molecule has 0 saturated carbocycles. The Kier molecular flexibility index (Phi) is 11.5. The minimum Gasteiger partial charge on any atom is -0.456 e. The summed E-state index contributed by atoms with van der Waals surface area (Å²) in [5.74, 6) is -3.51. The average molecular weight is 535 g/mol. The number of fused-ring (bicyclic) bond motifs is 2. The summed E-state index contributed by atoms with van der Waals surface area (Å²) in [6, 6.07) is 0. The van der Waals surface area contributed by atoms with Crippen molar-refractivity contribution in [3.8, 4) is 0 Å². The number of hydrogen-bond donors (Lipinski definition) is 6. The highest BCUT2D eigenvalue weighted by Crippen LogP contribution is 2.46. The van der Waals surface area contributed by atoms with Gasteiger partial charge in [0, 0.05) is 57.8 Å². The molecule has 10 atom stereocenters. The second-order valence-electron chi connectivity index (χ2n) is 10.9. The predicted molar refractivity (Wildman–Crippen MR) is 132 cm³/mol. The number of carbonyl (C=O) groups excluding carboxylic acids is 1. The van der Waals surface area contributed by atoms with E-state index in [2.05, 4.69) is 0 Å². The third-order valence-electron chi connectivity index (χ3n) is 8.08. The summed E-state index contributed by atoms with van der Waals surface area (Å²) in [6.45, 7) is 6.65. The molecule has 2 aliphatic rings. The van der Waals surface area contributed by atoms with E-state index < -0.39 is 66.0 Å². The number of methoxy groups -OCH3 is 2. The van der Waals surface area contributed by atoms with Crippen LogP contribution in [0.2, 0.25) is 0 Å². The van der Waals surface area contributed by atoms with Crippen LogP contribution in [0, 0.1) is 11.3 Å². The lowest BCUT2D eigenvalue weighted by Gasteiger charge is -2.53. The second kappa shape index (κ2) is 13.3. The van der Waals surface area contributed by atoms with Crippen molar-refractivity contribution in [2.75, 3.05) is 20.8 Å². The van der Waals surface area contributed by atoms with E-state index >= 15 is 0 Å². The predicted octanol–water partition coefficient (Wildman–Crippen LogP) is 0.0242. The Labute approximate surface area is 219 Å². The van der Waals surface area contributed by atoms with E-state index in [4.69, 9.17) is 18.9 Å². The van der Waals surface area contributed by atoms with E-state index in [1.807, 2.05) is 6.92 Å². The van der Waals surface area contributed by atoms with Crippen molar-refractivity contribution in [1.82, 2.24) is 0 Å². The Morgan fingerprint density at radius 3 is 2.30 bits per heavy atom. The van der Waals surface area contributed by atoms with Gasteiger partial charge in [0.15, 0.2) is 6.10 Å². The smallest absolute Gasteiger partial charge is 0.338 e. The van der Waals surface area contributed by atoms with Crippen LogP contribution in [0.4, 0.5) is 0 Å². The molecule has 0 aromatic carbocycles. The lowest BCUT2D eigenvalue weighted by molar-refractivity contribution is -0.379. The first-order valence-electron chi connectivity index (χ1n) is 12.9. The van der Waals surface area contributed by atoms with Gasteiger partial charge < -0.3 is 49.6 Å². The molecule has 2 rings (SSSR count). The van der Waals surface area contributed by atoms with Crippen LogP contribution in [0.1, 0.15) is 59.8 Å². The molecule has 216 valence electrons. The molecule has 6 N–H and O–H groups in total. The molecule has 2 aliphatic heterocycles. The largest absolute Gasteiger partial charge is 0.456 e. The van der Waals surface area contributed by atoms with Gasteiger partial charge in [0.1, 0.15) is 12.2 Å². The molecule has 0 spiro atoms. The Balaban J connectivity index is 2.52. The molecule has 2 heterocycles. The minimum atomic E-state index is -2.28. The molecule has 2 fully saturated rings. The van der Waals surface area contributed by atoms with Crippen molar-refractivity contribution in [2.45, 2.75) is 114 Å². The number of ether oxygens (including phenoxy) is 4. The monoisotopic (exact) mass is 534 g/mol. The number of carbonyl (C=O) groups is 1. The van der Waals surface area contributed by atoms with Crippen LogP contribution < -0.4 is 0 Å². The standard InChI is InChI=1S/C26H46O11/c1-7-15(13-27)8-14(2)19-10-16(34-5)12-21(29)25(3,4)26(33)23(31)20(35-6)11-17(37-26)9-18(28)22(30)24(32)36-19/h8,15-23,27-31,33H,7,9-13H2,1-6H3/b14-8-/t15-,16-,17+,18-,19+,20-,21+,22+,23-,26+/m1/s1. The van der Waals surface area contributed by atoms with Crippen LogP contribution in [0.5, 0.6) is 0 Å². The summed E-state index contributed by atoms with van der Waals surface area (Å²) in [5, 5.41) is 64.7. The van der Waals surface area contributed by atoms with Crippen molar-refractivity contribution in [3.05, 3.63) is 11.6 Å². The van der Waals surface area contributed by atoms with E-state index in [0.717, 1.165) is 0 Å². The first-order valence-corrected chi connectivity index (χ1v) is 12.9. The van der Waals surface area contributed by atoms with Gasteiger partial charge in [0.05, 0.1) is 30.5 Å². The highest BCUT2D eigenvalue weighted by molar-refractivity contribution is 5.75. The molecule has 11 heteroatoms. The van der Waals surface area contributed by atoms with Gasteiger partial charge >= 0.3 is 5.97 Å². The topological polar surface area (TPSA) is 175 Å². The van der Waals surface area contributed by atoms with Crippen molar-refractivity contribution in [2.24, 2.45) is 11.3 Å². The fraction of sp³-hybridized carbons (Fsp3) is 0.885. The van der Waals surface area contributed by atoms with Gasteiger partial charge in [-0.1, -0.05) is 26.8 Å². The number of hydrogen-bond acceptors (Lipinski definition) is 11. The Morgan fingerprint density at radius 1 is 1.11 bits per heavy atom. The molecule has 0 unspecified atom stereocenters. The average Bonchev–Trinajstić information content (AvgIpc) is 2.86. The van der Waals surface area contributed by atoms with Crippen LogP contribution in [-0.4, -0.2) is 112 Å². The molecule has 37 heavy (non-hydrogen) atoms. The number of esters is 1. The van der Waals surface area contributed by atoms with E-state index in [-0.39, 0.29) is 38.2 Å². The van der Waals surface area contributed by atoms with Gasteiger partial charge in [-0.25, -0.2) is 4.79 Å². The van der Waals surface area contributed by atoms with Crippen molar-refractivity contribution >= 4 is 5.97 Å². The Bertz CT molecular complexity index is 768. The molecule has 0 aromatic rings. The van der Waals surface area contributed by atoms with E-state index in [1.54, 1.807) is 26.8 Å². The van der Waals surface area contributed by atoms with Gasteiger partial charge in [-0.05, 0) is 18.9 Å². The fourth-order valence-corrected chi connectivity index (χ4v) is 5.10. The number of rotatable bonds is 6. The third kappa shape index (κ3) is 7.09. The fourth-order valence-electron chi connectivity index (χ4n) is 5.10. The van der Waals surface area contributed by atoms with Gasteiger partial charge in [-0.15, -0.1) is 0 Å². The summed E-state index contributed by atoms with van der Waals surface area (Å²) in [4.78, 5) is 12.9. The maximum Gasteiger partial charge on any atom is 0.338 e. The van der Waals surface area contributed by atoms with Crippen LogP contribution in [0.15, 0.2) is 11.6 Å². The summed E-state index contributed by atoms with van der Waals surface area (Å²) in [7, 11) is 2.79. The molecule has 2 saturated heterocycles. The molecular formula is C26H46O11. The quantitative estimate of drug-likeness (QED) is 0.200. The van der Waals surface area contributed by atoms with Crippen LogP contribution in [-0.2, 0) is 23.7 Å². The second-order valence-corrected chi connectivity index (χ2v) is 10.9. The minimum absolute atomic E-state index is 0.00603. The highest BCUT2D eigenvalue weighted by Gasteiger charge is 2.60. The Hall–Kier alpha value is -1.15. The van der Waals surface area contributed by atoms with Crippen molar-refractivity contribution in [1.29, 1.82) is 0 Å². The molecular weight excluding hydrogens is 488 g/mol. The maximum absolute atomic E-state index is 12.9. The zero-order valence-corrected chi connectivity index (χ0v) is 22.7. The van der Waals surface area contributed by atoms with E-state index in [1.165, 1.54) is 14.2 Å². The summed E-state index contributed by atoms with van der Waals surface area (Å²) >= 11 is 0. The number of aliphatic hydroxyl groups excluding tert-OH is 5. The third-order valence-corrected chi connectivity index (χ3v) is 8.08. The number of cyclic esters (lactones) is 1. The SMILES string of the molecule is CC[C@H](/C=C(/C)[C@@H]1C[C@@H](OC)C[C@H](O)C(C)(C)[C@@]2(O)O[C@@H](C[C@@H](O)[C@H](O)C(=O)O1)C[C@@H](OC)[C@H]2O)CO. The molecule has 11 nitrogen and oxygen atoms in total. The summed E-state index contributed by atoms with van der Waals surface area (Å²) in [5.41, 5.74) is -0.816. The van der Waals surface area contributed by atoms with Crippen LogP contribution in [0.3, 0.4) is 0 Å².